The maximum Gasteiger partial charge on any atom is 0.253 e. The van der Waals surface area contributed by atoms with Crippen LogP contribution in [0.2, 0.25) is 0 Å². The van der Waals surface area contributed by atoms with E-state index in [2.05, 4.69) is 20.9 Å². The Labute approximate surface area is 128 Å². The summed E-state index contributed by atoms with van der Waals surface area (Å²) in [5.41, 5.74) is 1.18. The van der Waals surface area contributed by atoms with Crippen LogP contribution in [0, 0.1) is 11.3 Å². The van der Waals surface area contributed by atoms with Crippen molar-refractivity contribution in [1.82, 2.24) is 14.9 Å². The van der Waals surface area contributed by atoms with E-state index < -0.39 is 0 Å². The lowest BCUT2D eigenvalue weighted by Gasteiger charge is -2.35. The second kappa shape index (κ2) is 6.22. The standard InChI is InChI=1S/C16H15N5O/c17-11-13-1-3-14(4-2-13)16(22)21-9-7-20(8-10-21)15-12-18-5-6-19-15/h1-6,12H,7-10H2. The van der Waals surface area contributed by atoms with Crippen LogP contribution in [0.4, 0.5) is 5.82 Å². The van der Waals surface area contributed by atoms with Gasteiger partial charge in [0, 0.05) is 44.1 Å². The fraction of sp³-hybridized carbons (Fsp3) is 0.250. The topological polar surface area (TPSA) is 73.1 Å². The van der Waals surface area contributed by atoms with E-state index in [-0.39, 0.29) is 5.91 Å². The smallest absolute Gasteiger partial charge is 0.253 e. The van der Waals surface area contributed by atoms with Crippen molar-refractivity contribution in [3.63, 3.8) is 0 Å². The second-order valence-corrected chi connectivity index (χ2v) is 5.03. The molecule has 1 aromatic carbocycles. The highest BCUT2D eigenvalue weighted by Gasteiger charge is 2.22. The van der Waals surface area contributed by atoms with Gasteiger partial charge in [-0.05, 0) is 24.3 Å². The Morgan fingerprint density at radius 2 is 1.82 bits per heavy atom. The van der Waals surface area contributed by atoms with Crippen molar-refractivity contribution in [3.05, 3.63) is 54.0 Å². The quantitative estimate of drug-likeness (QED) is 0.834. The fourth-order valence-electron chi connectivity index (χ4n) is 2.46. The van der Waals surface area contributed by atoms with E-state index >= 15 is 0 Å². The molecule has 110 valence electrons. The Morgan fingerprint density at radius 1 is 1.09 bits per heavy atom. The predicted molar refractivity (Wildman–Crippen MR) is 81.3 cm³/mol. The predicted octanol–water partition coefficient (Wildman–Crippen LogP) is 1.31. The molecule has 1 fully saturated rings. The number of benzene rings is 1. The first-order valence-corrected chi connectivity index (χ1v) is 7.08. The van der Waals surface area contributed by atoms with E-state index in [0.717, 1.165) is 18.9 Å². The Bertz CT molecular complexity index is 685. The zero-order chi connectivity index (χ0) is 15.4. The van der Waals surface area contributed by atoms with Crippen molar-refractivity contribution in [2.75, 3.05) is 31.1 Å². The first-order chi connectivity index (χ1) is 10.8. The Hall–Kier alpha value is -2.94. The molecule has 0 aliphatic carbocycles. The average Bonchev–Trinajstić information content (AvgIpc) is 2.62. The van der Waals surface area contributed by atoms with Crippen LogP contribution in [-0.2, 0) is 0 Å². The summed E-state index contributed by atoms with van der Waals surface area (Å²) in [4.78, 5) is 24.7. The lowest BCUT2D eigenvalue weighted by atomic mass is 10.1. The minimum Gasteiger partial charge on any atom is -0.352 e. The highest BCUT2D eigenvalue weighted by molar-refractivity contribution is 5.94. The minimum atomic E-state index is 0.00304. The molecule has 0 radical (unpaired) electrons. The molecule has 22 heavy (non-hydrogen) atoms. The highest BCUT2D eigenvalue weighted by Crippen LogP contribution is 2.14. The molecule has 3 rings (SSSR count). The molecule has 0 spiro atoms. The molecule has 6 nitrogen and oxygen atoms in total. The van der Waals surface area contributed by atoms with Gasteiger partial charge in [-0.1, -0.05) is 0 Å². The van der Waals surface area contributed by atoms with Crippen LogP contribution in [0.5, 0.6) is 0 Å². The monoisotopic (exact) mass is 293 g/mol. The summed E-state index contributed by atoms with van der Waals surface area (Å²) >= 11 is 0. The summed E-state index contributed by atoms with van der Waals surface area (Å²) in [5, 5.41) is 8.79. The van der Waals surface area contributed by atoms with Crippen molar-refractivity contribution in [2.24, 2.45) is 0 Å². The summed E-state index contributed by atoms with van der Waals surface area (Å²) in [7, 11) is 0. The molecule has 1 amide bonds. The molecule has 2 aromatic rings. The summed E-state index contributed by atoms with van der Waals surface area (Å²) < 4.78 is 0. The summed E-state index contributed by atoms with van der Waals surface area (Å²) in [6, 6.07) is 8.80. The van der Waals surface area contributed by atoms with Gasteiger partial charge in [-0.3, -0.25) is 9.78 Å². The number of carbonyl (C=O) groups excluding carboxylic acids is 1. The Kier molecular flexibility index (Phi) is 3.97. The van der Waals surface area contributed by atoms with Gasteiger partial charge in [0.1, 0.15) is 5.82 Å². The molecule has 1 saturated heterocycles. The molecule has 0 saturated carbocycles. The number of hydrogen-bond donors (Lipinski definition) is 0. The van der Waals surface area contributed by atoms with Gasteiger partial charge in [-0.25, -0.2) is 4.98 Å². The number of anilines is 1. The van der Waals surface area contributed by atoms with Crippen LogP contribution in [0.15, 0.2) is 42.9 Å². The molecular formula is C16H15N5O. The van der Waals surface area contributed by atoms with Gasteiger partial charge in [0.05, 0.1) is 17.8 Å². The molecule has 0 N–H and O–H groups in total. The van der Waals surface area contributed by atoms with Crippen molar-refractivity contribution in [2.45, 2.75) is 0 Å². The van der Waals surface area contributed by atoms with Crippen molar-refractivity contribution in [1.29, 1.82) is 5.26 Å². The number of aromatic nitrogens is 2. The third kappa shape index (κ3) is 2.88. The highest BCUT2D eigenvalue weighted by atomic mass is 16.2. The van der Waals surface area contributed by atoms with Gasteiger partial charge in [0.2, 0.25) is 0 Å². The lowest BCUT2D eigenvalue weighted by molar-refractivity contribution is 0.0746. The number of hydrogen-bond acceptors (Lipinski definition) is 5. The summed E-state index contributed by atoms with van der Waals surface area (Å²) in [5.74, 6) is 0.844. The van der Waals surface area contributed by atoms with Crippen LogP contribution in [0.3, 0.4) is 0 Å². The summed E-state index contributed by atoms with van der Waals surface area (Å²) in [6.45, 7) is 2.77. The average molecular weight is 293 g/mol. The molecular weight excluding hydrogens is 278 g/mol. The number of amides is 1. The van der Waals surface area contributed by atoms with Gasteiger partial charge >= 0.3 is 0 Å². The van der Waals surface area contributed by atoms with E-state index in [4.69, 9.17) is 5.26 Å². The summed E-state index contributed by atoms with van der Waals surface area (Å²) in [6.07, 6.45) is 5.05. The maximum atomic E-state index is 12.4. The van der Waals surface area contributed by atoms with Crippen LogP contribution in [0.25, 0.3) is 0 Å². The number of piperazine rings is 1. The molecule has 0 bridgehead atoms. The number of rotatable bonds is 2. The van der Waals surface area contributed by atoms with Crippen LogP contribution in [0.1, 0.15) is 15.9 Å². The number of nitriles is 1. The number of nitrogens with zero attached hydrogens (tertiary/aromatic N) is 5. The third-order valence-electron chi connectivity index (χ3n) is 3.70. The normalized spacial score (nSPS) is 14.5. The van der Waals surface area contributed by atoms with Crippen LogP contribution < -0.4 is 4.90 Å². The van der Waals surface area contributed by atoms with Gasteiger partial charge in [-0.2, -0.15) is 5.26 Å². The van der Waals surface area contributed by atoms with Crippen LogP contribution >= 0.6 is 0 Å². The largest absolute Gasteiger partial charge is 0.352 e. The molecule has 6 heteroatoms. The van der Waals surface area contributed by atoms with E-state index in [1.807, 2.05) is 4.90 Å². The van der Waals surface area contributed by atoms with Crippen LogP contribution in [-0.4, -0.2) is 47.0 Å². The molecule has 0 unspecified atom stereocenters. The first-order valence-electron chi connectivity index (χ1n) is 7.08. The molecule has 2 heterocycles. The zero-order valence-electron chi connectivity index (χ0n) is 12.0. The zero-order valence-corrected chi connectivity index (χ0v) is 12.0. The maximum absolute atomic E-state index is 12.4. The molecule has 0 atom stereocenters. The van der Waals surface area contributed by atoms with Crippen molar-refractivity contribution >= 4 is 11.7 Å². The molecule has 1 aliphatic rings. The van der Waals surface area contributed by atoms with Gasteiger partial charge in [0.15, 0.2) is 0 Å². The molecule has 1 aromatic heterocycles. The van der Waals surface area contributed by atoms with E-state index in [1.165, 1.54) is 0 Å². The lowest BCUT2D eigenvalue weighted by Crippen LogP contribution is -2.49. The Balaban J connectivity index is 1.63. The van der Waals surface area contributed by atoms with E-state index in [1.54, 1.807) is 42.9 Å². The molecule has 1 aliphatic heterocycles. The SMILES string of the molecule is N#Cc1ccc(C(=O)N2CCN(c3cnccn3)CC2)cc1. The van der Waals surface area contributed by atoms with E-state index in [9.17, 15) is 4.79 Å². The fourth-order valence-corrected chi connectivity index (χ4v) is 2.46. The van der Waals surface area contributed by atoms with Gasteiger partial charge < -0.3 is 9.80 Å². The van der Waals surface area contributed by atoms with E-state index in [0.29, 0.717) is 24.2 Å². The first kappa shape index (κ1) is 14.0. The second-order valence-electron chi connectivity index (χ2n) is 5.03. The number of carbonyl (C=O) groups is 1. The Morgan fingerprint density at radius 3 is 2.41 bits per heavy atom. The van der Waals surface area contributed by atoms with Gasteiger partial charge in [-0.15, -0.1) is 0 Å². The minimum absolute atomic E-state index is 0.00304. The van der Waals surface area contributed by atoms with Crippen molar-refractivity contribution < 1.29 is 4.79 Å². The van der Waals surface area contributed by atoms with Gasteiger partial charge in [0.25, 0.3) is 5.91 Å². The third-order valence-corrected chi connectivity index (χ3v) is 3.70. The van der Waals surface area contributed by atoms with Crippen molar-refractivity contribution in [3.8, 4) is 6.07 Å².